The molecule has 22 heavy (non-hydrogen) atoms. The summed E-state index contributed by atoms with van der Waals surface area (Å²) in [5.74, 6) is 0. The summed E-state index contributed by atoms with van der Waals surface area (Å²) in [4.78, 5) is 4.88. The predicted octanol–water partition coefficient (Wildman–Crippen LogP) is 3.17. The highest BCUT2D eigenvalue weighted by Crippen LogP contribution is 2.17. The molecule has 114 valence electrons. The molecule has 2 aromatic carbocycles. The fraction of sp³-hybridized carbons (Fsp3) is 0.118. The number of sulfone groups is 1. The maximum atomic E-state index is 12.7. The van der Waals surface area contributed by atoms with E-state index in [0.717, 1.165) is 5.56 Å². The fourth-order valence-corrected chi connectivity index (χ4v) is 3.24. The number of hydrogen-bond acceptors (Lipinski definition) is 4. The lowest BCUT2D eigenvalue weighted by molar-refractivity contribution is 0.215. The lowest BCUT2D eigenvalue weighted by Crippen LogP contribution is -2.21. The largest absolute Gasteiger partial charge is 0.399 e. The Kier molecular flexibility index (Phi) is 5.49. The van der Waals surface area contributed by atoms with Crippen molar-refractivity contribution in [1.82, 2.24) is 0 Å². The molecular formula is C17H17NO3S. The van der Waals surface area contributed by atoms with Gasteiger partial charge in [0.25, 0.3) is 0 Å². The molecule has 0 N–H and O–H groups in total. The third-order valence-corrected chi connectivity index (χ3v) is 4.95. The zero-order valence-electron chi connectivity index (χ0n) is 12.2. The van der Waals surface area contributed by atoms with Crippen LogP contribution in [0.1, 0.15) is 5.56 Å². The molecule has 0 aliphatic rings. The first-order chi connectivity index (χ1) is 10.6. The molecule has 0 aromatic heterocycles. The third-order valence-electron chi connectivity index (χ3n) is 3.02. The van der Waals surface area contributed by atoms with Gasteiger partial charge in [-0.2, -0.15) is 0 Å². The van der Waals surface area contributed by atoms with E-state index in [0.29, 0.717) is 0 Å². The summed E-state index contributed by atoms with van der Waals surface area (Å²) in [6.07, 6.45) is 4.63. The molecule has 2 rings (SSSR count). The molecule has 0 aliphatic heterocycles. The summed E-state index contributed by atoms with van der Waals surface area (Å²) >= 11 is 0. The number of hydrogen-bond donors (Lipinski definition) is 0. The standard InChI is InChI=1S/C17H17NO3S/c1-21-18-14-17(13-12-15-8-4-2-5-9-15)22(19,20)16-10-6-3-7-11-16/h2-14,17H,1H3/b13-12+,18-14+/t17-/m0/s1. The van der Waals surface area contributed by atoms with Crippen LogP contribution in [0.4, 0.5) is 0 Å². The van der Waals surface area contributed by atoms with Crippen molar-refractivity contribution < 1.29 is 13.3 Å². The van der Waals surface area contributed by atoms with Crippen LogP contribution in [0.2, 0.25) is 0 Å². The first kappa shape index (κ1) is 16.0. The third kappa shape index (κ3) is 4.05. The van der Waals surface area contributed by atoms with Crippen LogP contribution in [-0.4, -0.2) is 27.0 Å². The summed E-state index contributed by atoms with van der Waals surface area (Å²) in [5, 5.41) is 2.73. The van der Waals surface area contributed by atoms with Crippen LogP contribution in [0.5, 0.6) is 0 Å². The molecular weight excluding hydrogens is 298 g/mol. The first-order valence-electron chi connectivity index (χ1n) is 6.73. The van der Waals surface area contributed by atoms with Gasteiger partial charge in [-0.25, -0.2) is 8.42 Å². The number of nitrogens with zero attached hydrogens (tertiary/aromatic N) is 1. The number of rotatable bonds is 6. The van der Waals surface area contributed by atoms with Crippen LogP contribution < -0.4 is 0 Å². The summed E-state index contributed by atoms with van der Waals surface area (Å²) < 4.78 is 25.3. The van der Waals surface area contributed by atoms with E-state index in [9.17, 15) is 8.42 Å². The zero-order valence-corrected chi connectivity index (χ0v) is 13.0. The second-order valence-electron chi connectivity index (χ2n) is 4.53. The van der Waals surface area contributed by atoms with Gasteiger partial charge in [0.15, 0.2) is 9.84 Å². The van der Waals surface area contributed by atoms with E-state index in [2.05, 4.69) is 9.99 Å². The van der Waals surface area contributed by atoms with Gasteiger partial charge >= 0.3 is 0 Å². The van der Waals surface area contributed by atoms with Crippen molar-refractivity contribution in [2.24, 2.45) is 5.16 Å². The Hall–Kier alpha value is -2.40. The topological polar surface area (TPSA) is 55.7 Å². The van der Waals surface area contributed by atoms with Gasteiger partial charge in [0.1, 0.15) is 12.4 Å². The molecule has 1 atom stereocenters. The van der Waals surface area contributed by atoms with Crippen LogP contribution in [0.25, 0.3) is 6.08 Å². The second-order valence-corrected chi connectivity index (χ2v) is 6.64. The van der Waals surface area contributed by atoms with Crippen molar-refractivity contribution >= 4 is 22.1 Å². The number of benzene rings is 2. The van der Waals surface area contributed by atoms with E-state index in [1.165, 1.54) is 13.3 Å². The molecule has 0 spiro atoms. The average molecular weight is 315 g/mol. The van der Waals surface area contributed by atoms with E-state index >= 15 is 0 Å². The Labute approximate surface area is 130 Å². The van der Waals surface area contributed by atoms with Crippen LogP contribution in [-0.2, 0) is 14.7 Å². The summed E-state index contributed by atoms with van der Waals surface area (Å²) in [5.41, 5.74) is 0.918. The Morgan fingerprint density at radius 3 is 2.18 bits per heavy atom. The molecule has 0 bridgehead atoms. The minimum atomic E-state index is -3.56. The van der Waals surface area contributed by atoms with Crippen molar-refractivity contribution in [2.45, 2.75) is 10.1 Å². The smallest absolute Gasteiger partial charge is 0.190 e. The molecule has 0 fully saturated rings. The lowest BCUT2D eigenvalue weighted by atomic mass is 10.2. The highest BCUT2D eigenvalue weighted by Gasteiger charge is 2.23. The molecule has 0 radical (unpaired) electrons. The van der Waals surface area contributed by atoms with Crippen molar-refractivity contribution in [3.63, 3.8) is 0 Å². The quantitative estimate of drug-likeness (QED) is 0.608. The minimum Gasteiger partial charge on any atom is -0.399 e. The summed E-state index contributed by atoms with van der Waals surface area (Å²) in [6.45, 7) is 0. The molecule has 0 heterocycles. The van der Waals surface area contributed by atoms with E-state index in [1.807, 2.05) is 30.3 Å². The van der Waals surface area contributed by atoms with Gasteiger partial charge in [0, 0.05) is 0 Å². The maximum absolute atomic E-state index is 12.7. The molecule has 0 saturated carbocycles. The van der Waals surface area contributed by atoms with Gasteiger partial charge in [-0.15, -0.1) is 0 Å². The monoisotopic (exact) mass is 315 g/mol. The highest BCUT2D eigenvalue weighted by molar-refractivity contribution is 7.93. The zero-order chi connectivity index (χ0) is 15.8. The van der Waals surface area contributed by atoms with Crippen LogP contribution in [0, 0.1) is 0 Å². The fourth-order valence-electron chi connectivity index (χ4n) is 1.89. The van der Waals surface area contributed by atoms with Crippen LogP contribution >= 0.6 is 0 Å². The Morgan fingerprint density at radius 1 is 1.00 bits per heavy atom. The summed E-state index contributed by atoms with van der Waals surface area (Å²) in [6, 6.07) is 17.8. The van der Waals surface area contributed by atoms with Gasteiger partial charge in [-0.3, -0.25) is 0 Å². The molecule has 2 aromatic rings. The molecule has 5 heteroatoms. The second kappa shape index (κ2) is 7.56. The van der Waals surface area contributed by atoms with Gasteiger partial charge in [-0.1, -0.05) is 65.8 Å². The van der Waals surface area contributed by atoms with E-state index < -0.39 is 15.1 Å². The SMILES string of the molecule is CO/N=C/[C@H](/C=C/c1ccccc1)S(=O)(=O)c1ccccc1. The minimum absolute atomic E-state index is 0.250. The van der Waals surface area contributed by atoms with Crippen LogP contribution in [0.3, 0.4) is 0 Å². The van der Waals surface area contributed by atoms with Gasteiger partial charge in [0.05, 0.1) is 11.1 Å². The van der Waals surface area contributed by atoms with Gasteiger partial charge < -0.3 is 4.84 Å². The van der Waals surface area contributed by atoms with Crippen molar-refractivity contribution in [3.8, 4) is 0 Å². The Morgan fingerprint density at radius 2 is 1.59 bits per heavy atom. The Balaban J connectivity index is 2.34. The Bertz CT molecular complexity index is 738. The average Bonchev–Trinajstić information content (AvgIpc) is 2.56. The molecule has 0 unspecified atom stereocenters. The summed E-state index contributed by atoms with van der Waals surface area (Å²) in [7, 11) is -2.18. The van der Waals surface area contributed by atoms with Crippen molar-refractivity contribution in [1.29, 1.82) is 0 Å². The maximum Gasteiger partial charge on any atom is 0.190 e. The number of oxime groups is 1. The first-order valence-corrected chi connectivity index (χ1v) is 8.28. The molecule has 4 nitrogen and oxygen atoms in total. The predicted molar refractivity (Wildman–Crippen MR) is 88.4 cm³/mol. The van der Waals surface area contributed by atoms with E-state index in [-0.39, 0.29) is 4.90 Å². The van der Waals surface area contributed by atoms with E-state index in [4.69, 9.17) is 0 Å². The molecule has 0 saturated heterocycles. The van der Waals surface area contributed by atoms with Gasteiger partial charge in [-0.05, 0) is 17.7 Å². The van der Waals surface area contributed by atoms with Gasteiger partial charge in [0.2, 0.25) is 0 Å². The highest BCUT2D eigenvalue weighted by atomic mass is 32.2. The van der Waals surface area contributed by atoms with E-state index in [1.54, 1.807) is 42.5 Å². The van der Waals surface area contributed by atoms with Crippen molar-refractivity contribution in [2.75, 3.05) is 7.11 Å². The lowest BCUT2D eigenvalue weighted by Gasteiger charge is -2.09. The molecule has 0 amide bonds. The van der Waals surface area contributed by atoms with Crippen LogP contribution in [0.15, 0.2) is 76.8 Å². The van der Waals surface area contributed by atoms with Crippen molar-refractivity contribution in [3.05, 3.63) is 72.3 Å². The molecule has 0 aliphatic carbocycles. The normalized spacial score (nSPS) is 13.5.